The van der Waals surface area contributed by atoms with Crippen LogP contribution in [0.1, 0.15) is 18.9 Å². The van der Waals surface area contributed by atoms with E-state index in [0.717, 1.165) is 39.0 Å². The van der Waals surface area contributed by atoms with E-state index in [0.29, 0.717) is 13.1 Å². The standard InChI is InChI=1S/C17H25N3O2/c1-15(21)20-12-10-19(11-13-20)14-17(22)18-9-5-8-16-6-3-2-4-7-16/h2-4,6-7H,5,8-14H2,1H3,(H,18,22). The summed E-state index contributed by atoms with van der Waals surface area (Å²) in [6, 6.07) is 10.3. The van der Waals surface area contributed by atoms with E-state index in [1.807, 2.05) is 23.1 Å². The molecule has 0 aromatic heterocycles. The summed E-state index contributed by atoms with van der Waals surface area (Å²) in [4.78, 5) is 27.1. The molecule has 1 aromatic carbocycles. The van der Waals surface area contributed by atoms with Gasteiger partial charge in [0.25, 0.3) is 0 Å². The monoisotopic (exact) mass is 303 g/mol. The summed E-state index contributed by atoms with van der Waals surface area (Å²) in [7, 11) is 0. The Balaban J connectivity index is 1.57. The van der Waals surface area contributed by atoms with Crippen molar-refractivity contribution in [3.8, 4) is 0 Å². The molecule has 0 unspecified atom stereocenters. The zero-order valence-corrected chi connectivity index (χ0v) is 13.3. The lowest BCUT2D eigenvalue weighted by Gasteiger charge is -2.33. The van der Waals surface area contributed by atoms with Crippen LogP contribution in [0.3, 0.4) is 0 Å². The van der Waals surface area contributed by atoms with Crippen molar-refractivity contribution < 1.29 is 9.59 Å². The molecule has 1 saturated heterocycles. The van der Waals surface area contributed by atoms with Gasteiger partial charge in [0.2, 0.25) is 11.8 Å². The summed E-state index contributed by atoms with van der Waals surface area (Å²) in [5.74, 6) is 0.189. The normalized spacial score (nSPS) is 15.6. The smallest absolute Gasteiger partial charge is 0.234 e. The highest BCUT2D eigenvalue weighted by molar-refractivity contribution is 5.78. The van der Waals surface area contributed by atoms with Gasteiger partial charge in [-0.25, -0.2) is 0 Å². The first-order valence-electron chi connectivity index (χ1n) is 7.93. The number of amides is 2. The molecule has 0 spiro atoms. The van der Waals surface area contributed by atoms with Crippen LogP contribution in [0.5, 0.6) is 0 Å². The van der Waals surface area contributed by atoms with Crippen molar-refractivity contribution in [3.05, 3.63) is 35.9 Å². The second kappa shape index (κ2) is 8.54. The molecule has 1 aliphatic heterocycles. The third-order valence-corrected chi connectivity index (χ3v) is 3.99. The van der Waals surface area contributed by atoms with Crippen LogP contribution in [-0.2, 0) is 16.0 Å². The molecule has 2 rings (SSSR count). The lowest BCUT2D eigenvalue weighted by molar-refractivity contribution is -0.131. The number of piperazine rings is 1. The fourth-order valence-electron chi connectivity index (χ4n) is 2.64. The van der Waals surface area contributed by atoms with Crippen LogP contribution in [0.2, 0.25) is 0 Å². The summed E-state index contributed by atoms with van der Waals surface area (Å²) in [6.07, 6.45) is 1.94. The van der Waals surface area contributed by atoms with Gasteiger partial charge < -0.3 is 10.2 Å². The average molecular weight is 303 g/mol. The molecule has 120 valence electrons. The summed E-state index contributed by atoms with van der Waals surface area (Å²) in [6.45, 7) is 5.72. The number of benzene rings is 1. The molecule has 1 aromatic rings. The van der Waals surface area contributed by atoms with Gasteiger partial charge >= 0.3 is 0 Å². The van der Waals surface area contributed by atoms with Gasteiger partial charge in [0.1, 0.15) is 0 Å². The van der Waals surface area contributed by atoms with Gasteiger partial charge in [0.15, 0.2) is 0 Å². The van der Waals surface area contributed by atoms with E-state index in [2.05, 4.69) is 22.3 Å². The van der Waals surface area contributed by atoms with E-state index >= 15 is 0 Å². The fraction of sp³-hybridized carbons (Fsp3) is 0.529. The SMILES string of the molecule is CC(=O)N1CCN(CC(=O)NCCCc2ccccc2)CC1. The Morgan fingerprint density at radius 1 is 1.09 bits per heavy atom. The van der Waals surface area contributed by atoms with Gasteiger partial charge in [0.05, 0.1) is 6.54 Å². The number of rotatable bonds is 6. The molecule has 0 radical (unpaired) electrons. The molecule has 1 heterocycles. The highest BCUT2D eigenvalue weighted by Gasteiger charge is 2.19. The van der Waals surface area contributed by atoms with E-state index in [9.17, 15) is 9.59 Å². The number of hydrogen-bond donors (Lipinski definition) is 1. The van der Waals surface area contributed by atoms with Crippen molar-refractivity contribution in [1.82, 2.24) is 15.1 Å². The quantitative estimate of drug-likeness (QED) is 0.795. The molecule has 1 aliphatic rings. The predicted octanol–water partition coefficient (Wildman–Crippen LogP) is 0.900. The number of carbonyl (C=O) groups excluding carboxylic acids is 2. The predicted molar refractivity (Wildman–Crippen MR) is 86.5 cm³/mol. The maximum atomic E-state index is 11.9. The molecule has 1 fully saturated rings. The number of nitrogens with one attached hydrogen (secondary N) is 1. The van der Waals surface area contributed by atoms with Crippen LogP contribution in [0.15, 0.2) is 30.3 Å². The van der Waals surface area contributed by atoms with Gasteiger partial charge in [-0.05, 0) is 18.4 Å². The van der Waals surface area contributed by atoms with Gasteiger partial charge in [-0.1, -0.05) is 30.3 Å². The van der Waals surface area contributed by atoms with Crippen molar-refractivity contribution in [2.45, 2.75) is 19.8 Å². The van der Waals surface area contributed by atoms with E-state index in [4.69, 9.17) is 0 Å². The Morgan fingerprint density at radius 3 is 2.41 bits per heavy atom. The highest BCUT2D eigenvalue weighted by atomic mass is 16.2. The van der Waals surface area contributed by atoms with E-state index in [1.165, 1.54) is 5.56 Å². The van der Waals surface area contributed by atoms with Gasteiger partial charge in [-0.3, -0.25) is 14.5 Å². The van der Waals surface area contributed by atoms with E-state index in [-0.39, 0.29) is 11.8 Å². The Labute approximate surface area is 132 Å². The zero-order valence-electron chi connectivity index (χ0n) is 13.3. The maximum absolute atomic E-state index is 11.9. The average Bonchev–Trinajstić information content (AvgIpc) is 2.53. The Hall–Kier alpha value is -1.88. The molecule has 5 nitrogen and oxygen atoms in total. The first kappa shape index (κ1) is 16.5. The van der Waals surface area contributed by atoms with Crippen LogP contribution in [0.4, 0.5) is 0 Å². The fourth-order valence-corrected chi connectivity index (χ4v) is 2.64. The third kappa shape index (κ3) is 5.48. The molecule has 22 heavy (non-hydrogen) atoms. The lowest BCUT2D eigenvalue weighted by atomic mass is 10.1. The van der Waals surface area contributed by atoms with Crippen LogP contribution in [0, 0.1) is 0 Å². The molecule has 0 saturated carbocycles. The molecular weight excluding hydrogens is 278 g/mol. The van der Waals surface area contributed by atoms with Crippen molar-refractivity contribution in [1.29, 1.82) is 0 Å². The van der Waals surface area contributed by atoms with Gasteiger partial charge in [-0.15, -0.1) is 0 Å². The van der Waals surface area contributed by atoms with Crippen molar-refractivity contribution in [2.75, 3.05) is 39.3 Å². The van der Waals surface area contributed by atoms with Gasteiger partial charge in [-0.2, -0.15) is 0 Å². The van der Waals surface area contributed by atoms with Gasteiger partial charge in [0, 0.05) is 39.6 Å². The summed E-state index contributed by atoms with van der Waals surface area (Å²) in [5, 5.41) is 2.97. The number of aryl methyl sites for hydroxylation is 1. The van der Waals surface area contributed by atoms with Crippen molar-refractivity contribution in [2.24, 2.45) is 0 Å². The minimum absolute atomic E-state index is 0.0735. The Morgan fingerprint density at radius 2 is 1.77 bits per heavy atom. The first-order valence-corrected chi connectivity index (χ1v) is 7.93. The maximum Gasteiger partial charge on any atom is 0.234 e. The zero-order chi connectivity index (χ0) is 15.8. The molecule has 0 aliphatic carbocycles. The molecule has 5 heteroatoms. The topological polar surface area (TPSA) is 52.7 Å². The van der Waals surface area contributed by atoms with Crippen molar-refractivity contribution >= 4 is 11.8 Å². The van der Waals surface area contributed by atoms with Crippen LogP contribution < -0.4 is 5.32 Å². The molecule has 0 atom stereocenters. The summed E-state index contributed by atoms with van der Waals surface area (Å²) >= 11 is 0. The third-order valence-electron chi connectivity index (χ3n) is 3.99. The summed E-state index contributed by atoms with van der Waals surface area (Å²) < 4.78 is 0. The Kier molecular flexibility index (Phi) is 6.40. The number of nitrogens with zero attached hydrogens (tertiary/aromatic N) is 2. The molecule has 0 bridgehead atoms. The first-order chi connectivity index (χ1) is 10.6. The Bertz CT molecular complexity index is 482. The second-order valence-corrected chi connectivity index (χ2v) is 5.72. The van der Waals surface area contributed by atoms with Crippen LogP contribution >= 0.6 is 0 Å². The van der Waals surface area contributed by atoms with E-state index in [1.54, 1.807) is 6.92 Å². The van der Waals surface area contributed by atoms with Crippen molar-refractivity contribution in [3.63, 3.8) is 0 Å². The largest absolute Gasteiger partial charge is 0.355 e. The number of hydrogen-bond acceptors (Lipinski definition) is 3. The summed E-state index contributed by atoms with van der Waals surface area (Å²) in [5.41, 5.74) is 1.30. The number of carbonyl (C=O) groups is 2. The second-order valence-electron chi connectivity index (χ2n) is 5.72. The molecule has 2 amide bonds. The minimum atomic E-state index is 0.0735. The minimum Gasteiger partial charge on any atom is -0.355 e. The highest BCUT2D eigenvalue weighted by Crippen LogP contribution is 2.02. The van der Waals surface area contributed by atoms with Crippen LogP contribution in [-0.4, -0.2) is 60.9 Å². The van der Waals surface area contributed by atoms with E-state index < -0.39 is 0 Å². The molecular formula is C17H25N3O2. The molecule has 1 N–H and O–H groups in total. The van der Waals surface area contributed by atoms with Crippen LogP contribution in [0.25, 0.3) is 0 Å². The lowest BCUT2D eigenvalue weighted by Crippen LogP contribution is -2.50.